The van der Waals surface area contributed by atoms with Crippen LogP contribution in [0.3, 0.4) is 0 Å². The minimum Gasteiger partial charge on any atom is -0.373 e. The molecule has 2 aromatic rings. The molecule has 1 aliphatic rings. The van der Waals surface area contributed by atoms with Gasteiger partial charge in [-0.05, 0) is 24.5 Å². The summed E-state index contributed by atoms with van der Waals surface area (Å²) < 4.78 is 5.86. The van der Waals surface area contributed by atoms with Gasteiger partial charge in [-0.1, -0.05) is 41.9 Å². The molecule has 0 saturated carbocycles. The average molecular weight is 332 g/mol. The molecule has 120 valence electrons. The second-order valence-electron chi connectivity index (χ2n) is 5.55. The van der Waals surface area contributed by atoms with Crippen molar-refractivity contribution in [2.45, 2.75) is 25.0 Å². The summed E-state index contributed by atoms with van der Waals surface area (Å²) in [5, 5.41) is 3.73. The van der Waals surface area contributed by atoms with Crippen molar-refractivity contribution in [2.24, 2.45) is 5.73 Å². The molecule has 0 radical (unpaired) electrons. The number of ether oxygens (including phenoxy) is 1. The van der Waals surface area contributed by atoms with Gasteiger partial charge in [0.15, 0.2) is 0 Å². The molecule has 2 atom stereocenters. The molecule has 0 bridgehead atoms. The van der Waals surface area contributed by atoms with E-state index in [0.717, 1.165) is 12.8 Å². The van der Waals surface area contributed by atoms with Gasteiger partial charge in [0.05, 0.1) is 16.7 Å². The van der Waals surface area contributed by atoms with Crippen LogP contribution in [0.5, 0.6) is 0 Å². The molecule has 0 spiro atoms. The third kappa shape index (κ3) is 3.81. The van der Waals surface area contributed by atoms with E-state index in [1.807, 2.05) is 18.2 Å². The fourth-order valence-electron chi connectivity index (χ4n) is 2.70. The highest BCUT2D eigenvalue weighted by atomic mass is 35.5. The molecule has 5 nitrogen and oxygen atoms in total. The first kappa shape index (κ1) is 15.8. The van der Waals surface area contributed by atoms with Crippen molar-refractivity contribution in [3.8, 4) is 0 Å². The summed E-state index contributed by atoms with van der Waals surface area (Å²) in [5.41, 5.74) is 6.69. The number of pyridine rings is 1. The third-order valence-corrected chi connectivity index (χ3v) is 4.21. The van der Waals surface area contributed by atoms with Crippen molar-refractivity contribution in [1.82, 2.24) is 4.98 Å². The van der Waals surface area contributed by atoms with Crippen molar-refractivity contribution in [3.05, 3.63) is 58.7 Å². The van der Waals surface area contributed by atoms with Crippen molar-refractivity contribution >= 4 is 23.3 Å². The van der Waals surface area contributed by atoms with Crippen LogP contribution < -0.4 is 11.1 Å². The molecule has 1 saturated heterocycles. The van der Waals surface area contributed by atoms with Gasteiger partial charge in [0.1, 0.15) is 5.82 Å². The van der Waals surface area contributed by atoms with Crippen LogP contribution in [-0.2, 0) is 4.74 Å². The van der Waals surface area contributed by atoms with E-state index >= 15 is 0 Å². The number of amides is 1. The molecule has 23 heavy (non-hydrogen) atoms. The van der Waals surface area contributed by atoms with Crippen LogP contribution in [0.15, 0.2) is 42.6 Å². The molecule has 3 N–H and O–H groups in total. The number of hydrogen-bond acceptors (Lipinski definition) is 4. The zero-order valence-corrected chi connectivity index (χ0v) is 13.3. The summed E-state index contributed by atoms with van der Waals surface area (Å²) in [6.45, 7) is 0.675. The van der Waals surface area contributed by atoms with Gasteiger partial charge in [0.25, 0.3) is 0 Å². The lowest BCUT2D eigenvalue weighted by molar-refractivity contribution is 0.00975. The number of nitrogens with zero attached hydrogens (tertiary/aromatic N) is 1. The second kappa shape index (κ2) is 6.98. The number of hydrogen-bond donors (Lipinski definition) is 2. The minimum atomic E-state index is -0.541. The molecule has 1 aromatic carbocycles. The number of nitrogens with one attached hydrogen (secondary N) is 1. The summed E-state index contributed by atoms with van der Waals surface area (Å²) in [4.78, 5) is 15.3. The van der Waals surface area contributed by atoms with Gasteiger partial charge < -0.3 is 15.8 Å². The molecule has 1 aliphatic heterocycles. The average Bonchev–Trinajstić information content (AvgIpc) is 2.57. The Hall–Kier alpha value is -2.11. The van der Waals surface area contributed by atoms with E-state index in [0.29, 0.717) is 23.0 Å². The number of primary amides is 1. The summed E-state index contributed by atoms with van der Waals surface area (Å²) in [6.07, 6.45) is 3.20. The van der Waals surface area contributed by atoms with Gasteiger partial charge >= 0.3 is 0 Å². The Bertz CT molecular complexity index is 693. The van der Waals surface area contributed by atoms with Gasteiger partial charge in [-0.3, -0.25) is 4.79 Å². The molecule has 0 aliphatic carbocycles. The van der Waals surface area contributed by atoms with Crippen LogP contribution >= 0.6 is 11.6 Å². The molecular weight excluding hydrogens is 314 g/mol. The first-order valence-electron chi connectivity index (χ1n) is 7.52. The normalized spacial score (nSPS) is 20.9. The fraction of sp³-hybridized carbons (Fsp3) is 0.294. The molecule has 2 heterocycles. The summed E-state index contributed by atoms with van der Waals surface area (Å²) in [7, 11) is 0. The lowest BCUT2D eigenvalue weighted by Gasteiger charge is -2.31. The highest BCUT2D eigenvalue weighted by Gasteiger charge is 2.24. The quantitative estimate of drug-likeness (QED) is 0.902. The van der Waals surface area contributed by atoms with Gasteiger partial charge in [-0.25, -0.2) is 4.98 Å². The highest BCUT2D eigenvalue weighted by molar-refractivity contribution is 6.33. The SMILES string of the molecule is NC(=O)c1cnc(NC2CCOC(c3ccccc3)C2)c(Cl)c1. The number of carbonyl (C=O) groups is 1. The topological polar surface area (TPSA) is 77.2 Å². The molecule has 3 rings (SSSR count). The number of halogens is 1. The van der Waals surface area contributed by atoms with Crippen molar-refractivity contribution < 1.29 is 9.53 Å². The van der Waals surface area contributed by atoms with Crippen LogP contribution in [0.1, 0.15) is 34.9 Å². The number of rotatable bonds is 4. The van der Waals surface area contributed by atoms with Gasteiger partial charge in [0, 0.05) is 18.8 Å². The Morgan fingerprint density at radius 1 is 1.35 bits per heavy atom. The third-order valence-electron chi connectivity index (χ3n) is 3.92. The van der Waals surface area contributed by atoms with E-state index in [2.05, 4.69) is 22.4 Å². The van der Waals surface area contributed by atoms with E-state index in [1.54, 1.807) is 0 Å². The Balaban J connectivity index is 1.69. The fourth-order valence-corrected chi connectivity index (χ4v) is 2.92. The Morgan fingerprint density at radius 2 is 2.13 bits per heavy atom. The molecule has 1 aromatic heterocycles. The number of nitrogens with two attached hydrogens (primary N) is 1. The zero-order chi connectivity index (χ0) is 16.2. The van der Waals surface area contributed by atoms with Crippen molar-refractivity contribution in [2.75, 3.05) is 11.9 Å². The molecule has 1 amide bonds. The standard InChI is InChI=1S/C17H18ClN3O2/c18-14-8-12(16(19)22)10-20-17(14)21-13-6-7-23-15(9-13)11-4-2-1-3-5-11/h1-5,8,10,13,15H,6-7,9H2,(H2,19,22)(H,20,21). The number of anilines is 1. The van der Waals surface area contributed by atoms with Crippen LogP contribution in [0, 0.1) is 0 Å². The lowest BCUT2D eigenvalue weighted by atomic mass is 9.97. The molecular formula is C17H18ClN3O2. The maximum Gasteiger partial charge on any atom is 0.250 e. The molecule has 1 fully saturated rings. The van der Waals surface area contributed by atoms with Crippen LogP contribution in [0.2, 0.25) is 5.02 Å². The largest absolute Gasteiger partial charge is 0.373 e. The summed E-state index contributed by atoms with van der Waals surface area (Å²) >= 11 is 6.18. The smallest absolute Gasteiger partial charge is 0.250 e. The van der Waals surface area contributed by atoms with Crippen LogP contribution in [0.4, 0.5) is 5.82 Å². The van der Waals surface area contributed by atoms with Crippen LogP contribution in [0.25, 0.3) is 0 Å². The van der Waals surface area contributed by atoms with Gasteiger partial charge in [-0.15, -0.1) is 0 Å². The predicted octanol–water partition coefficient (Wildman–Crippen LogP) is 3.17. The summed E-state index contributed by atoms with van der Waals surface area (Å²) in [5.74, 6) is 0.0246. The Labute approximate surface area is 139 Å². The van der Waals surface area contributed by atoms with Gasteiger partial charge in [0.2, 0.25) is 5.91 Å². The Kier molecular flexibility index (Phi) is 4.79. The first-order valence-corrected chi connectivity index (χ1v) is 7.89. The first-order chi connectivity index (χ1) is 11.1. The second-order valence-corrected chi connectivity index (χ2v) is 5.96. The maximum absolute atomic E-state index is 11.1. The van der Waals surface area contributed by atoms with Crippen molar-refractivity contribution in [3.63, 3.8) is 0 Å². The van der Waals surface area contributed by atoms with E-state index < -0.39 is 5.91 Å². The van der Waals surface area contributed by atoms with Crippen molar-refractivity contribution in [1.29, 1.82) is 0 Å². The van der Waals surface area contributed by atoms with Gasteiger partial charge in [-0.2, -0.15) is 0 Å². The monoisotopic (exact) mass is 331 g/mol. The predicted molar refractivity (Wildman–Crippen MR) is 89.5 cm³/mol. The number of aromatic nitrogens is 1. The minimum absolute atomic E-state index is 0.0612. The van der Waals surface area contributed by atoms with E-state index in [1.165, 1.54) is 17.8 Å². The van der Waals surface area contributed by atoms with E-state index in [4.69, 9.17) is 22.1 Å². The van der Waals surface area contributed by atoms with Crippen LogP contribution in [-0.4, -0.2) is 23.5 Å². The number of benzene rings is 1. The summed E-state index contributed by atoms with van der Waals surface area (Å²) in [6, 6.07) is 11.9. The van der Waals surface area contributed by atoms with E-state index in [9.17, 15) is 4.79 Å². The van der Waals surface area contributed by atoms with E-state index in [-0.39, 0.29) is 12.1 Å². The molecule has 6 heteroatoms. The number of carbonyl (C=O) groups excluding carboxylic acids is 1. The maximum atomic E-state index is 11.1. The zero-order valence-electron chi connectivity index (χ0n) is 12.5. The lowest BCUT2D eigenvalue weighted by Crippen LogP contribution is -2.30. The molecule has 2 unspecified atom stereocenters. The highest BCUT2D eigenvalue weighted by Crippen LogP contribution is 2.30. The Morgan fingerprint density at radius 3 is 2.83 bits per heavy atom.